The first kappa shape index (κ1) is 56.1. The molecule has 348 valence electrons. The van der Waals surface area contributed by atoms with Crippen molar-refractivity contribution in [1.82, 2.24) is 0 Å². The third kappa shape index (κ3) is 36.7. The van der Waals surface area contributed by atoms with E-state index in [0.29, 0.717) is 19.3 Å². The molecule has 0 aromatic rings. The molecule has 4 N–H and O–H groups in total. The summed E-state index contributed by atoms with van der Waals surface area (Å²) in [6.07, 6.45) is 38.4. The summed E-state index contributed by atoms with van der Waals surface area (Å²) in [5, 5.41) is 9.75. The molecule has 1 rings (SSSR count). The molecular weight excluding hydrogens is 814 g/mol. The van der Waals surface area contributed by atoms with Crippen molar-refractivity contribution in [1.29, 1.82) is 0 Å². The third-order valence-electron chi connectivity index (χ3n) is 9.58. The number of unbranched alkanes of at least 4 members (excludes halogenated alkanes) is 15. The summed E-state index contributed by atoms with van der Waals surface area (Å²) in [5.74, 6) is -1.11. The fourth-order valence-electron chi connectivity index (χ4n) is 6.02. The van der Waals surface area contributed by atoms with E-state index < -0.39 is 66.2 Å². The minimum Gasteiger partial charge on any atom is -0.462 e. The van der Waals surface area contributed by atoms with Crippen LogP contribution in [0.5, 0.6) is 0 Å². The van der Waals surface area contributed by atoms with Gasteiger partial charge in [0.15, 0.2) is 6.10 Å². The van der Waals surface area contributed by atoms with Crippen LogP contribution in [0.4, 0.5) is 0 Å². The molecule has 1 fully saturated rings. The minimum atomic E-state index is -4.87. The van der Waals surface area contributed by atoms with E-state index in [1.807, 2.05) is 6.08 Å². The molecule has 0 radical (unpaired) electrons. The summed E-state index contributed by atoms with van der Waals surface area (Å²) in [6, 6.07) is 0. The van der Waals surface area contributed by atoms with Crippen molar-refractivity contribution in [3.05, 3.63) is 48.6 Å². The SMILES string of the molecule is CCCCC/C=C\C/C=C\CC1OC1C/C=C\CCCC(=O)OC[C@H](COP(=O)(O)OC[C@@H](O)COP(=O)(O)O)OC(=O)CCCCCCC/C=C\CCCCCCCC. The zero-order valence-corrected chi connectivity index (χ0v) is 38.3. The van der Waals surface area contributed by atoms with E-state index >= 15 is 0 Å². The van der Waals surface area contributed by atoms with Crippen LogP contribution in [0.15, 0.2) is 48.6 Å². The number of carbonyl (C=O) groups is 2. The number of esters is 2. The fourth-order valence-corrected chi connectivity index (χ4v) is 7.18. The van der Waals surface area contributed by atoms with Crippen molar-refractivity contribution in [2.45, 2.75) is 192 Å². The van der Waals surface area contributed by atoms with Gasteiger partial charge in [0.1, 0.15) is 12.7 Å². The van der Waals surface area contributed by atoms with Crippen LogP contribution in [0.1, 0.15) is 168 Å². The van der Waals surface area contributed by atoms with Crippen LogP contribution in [0.2, 0.25) is 0 Å². The van der Waals surface area contributed by atoms with Crippen LogP contribution >= 0.6 is 15.6 Å². The van der Waals surface area contributed by atoms with Crippen LogP contribution in [-0.4, -0.2) is 82.6 Å². The number of allylic oxidation sites excluding steroid dienone is 6. The van der Waals surface area contributed by atoms with Gasteiger partial charge in [-0.2, -0.15) is 0 Å². The predicted octanol–water partition coefficient (Wildman–Crippen LogP) is 10.4. The predicted molar refractivity (Wildman–Crippen MR) is 234 cm³/mol. The number of phosphoric acid groups is 2. The maximum Gasteiger partial charge on any atom is 0.472 e. The first-order valence-electron chi connectivity index (χ1n) is 22.5. The quantitative estimate of drug-likeness (QED) is 0.0148. The molecule has 1 aliphatic heterocycles. The Hall–Kier alpha value is -1.96. The Balaban J connectivity index is 2.40. The third-order valence-corrected chi connectivity index (χ3v) is 11.0. The van der Waals surface area contributed by atoms with E-state index in [1.165, 1.54) is 57.8 Å². The summed E-state index contributed by atoms with van der Waals surface area (Å²) in [6.45, 7) is 1.64. The van der Waals surface area contributed by atoms with Crippen LogP contribution < -0.4 is 0 Å². The molecule has 1 aliphatic rings. The average Bonchev–Trinajstić information content (AvgIpc) is 3.96. The number of phosphoric ester groups is 2. The lowest BCUT2D eigenvalue weighted by molar-refractivity contribution is -0.161. The Kier molecular flexibility index (Phi) is 34.1. The van der Waals surface area contributed by atoms with E-state index in [1.54, 1.807) is 0 Å². The Labute approximate surface area is 360 Å². The number of carbonyl (C=O) groups excluding carboxylic acids is 2. The molecule has 0 amide bonds. The van der Waals surface area contributed by atoms with E-state index in [0.717, 1.165) is 64.2 Å². The first-order chi connectivity index (χ1) is 28.8. The standard InChI is InChI=1S/C44H78O14P2/c1-3-5-7-9-11-13-14-15-16-17-18-20-22-24-30-34-44(47)57-40(38-56-60(51,52)55-36-39(45)35-54-59(48,49)50)37-53-43(46)33-29-26-25-28-32-42-41(58-42)31-27-23-21-19-12-10-8-6-4-2/h12,15-16,19,23,25,27-28,39-42,45H,3-11,13-14,17-18,20-22,24,26,29-38H2,1-2H3,(H,51,52)(H2,48,49,50)/b16-15-,19-12-,27-23-,28-25-/t39-,40+,41?,42?/m0/s1. The molecule has 1 saturated heterocycles. The van der Waals surface area contributed by atoms with Gasteiger partial charge in [-0.15, -0.1) is 0 Å². The Morgan fingerprint density at radius 3 is 1.68 bits per heavy atom. The molecule has 0 spiro atoms. The van der Waals surface area contributed by atoms with Crippen LogP contribution in [-0.2, 0) is 46.5 Å². The van der Waals surface area contributed by atoms with Crippen LogP contribution in [0.3, 0.4) is 0 Å². The number of aliphatic hydroxyl groups is 1. The second kappa shape index (κ2) is 36.5. The second-order valence-electron chi connectivity index (χ2n) is 15.4. The fraction of sp³-hybridized carbons (Fsp3) is 0.773. The highest BCUT2D eigenvalue weighted by Crippen LogP contribution is 2.44. The summed E-state index contributed by atoms with van der Waals surface area (Å²) in [7, 11) is -9.70. The normalized spacial score (nSPS) is 17.8. The second-order valence-corrected chi connectivity index (χ2v) is 18.0. The first-order valence-corrected chi connectivity index (χ1v) is 25.5. The summed E-state index contributed by atoms with van der Waals surface area (Å²) in [4.78, 5) is 52.8. The van der Waals surface area contributed by atoms with Gasteiger partial charge in [-0.25, -0.2) is 9.13 Å². The molecule has 14 nitrogen and oxygen atoms in total. The number of hydrogen-bond donors (Lipinski definition) is 4. The highest BCUT2D eigenvalue weighted by molar-refractivity contribution is 7.47. The van der Waals surface area contributed by atoms with Gasteiger partial charge in [0.05, 0.1) is 32.0 Å². The van der Waals surface area contributed by atoms with E-state index in [-0.39, 0.29) is 25.0 Å². The number of rotatable bonds is 41. The largest absolute Gasteiger partial charge is 0.472 e. The van der Waals surface area contributed by atoms with Gasteiger partial charge in [-0.3, -0.25) is 23.2 Å². The van der Waals surface area contributed by atoms with Crippen molar-refractivity contribution in [2.75, 3.05) is 26.4 Å². The number of epoxide rings is 1. The highest BCUT2D eigenvalue weighted by Gasteiger charge is 2.36. The lowest BCUT2D eigenvalue weighted by Gasteiger charge is -2.20. The minimum absolute atomic E-state index is 0.105. The zero-order chi connectivity index (χ0) is 44.2. The zero-order valence-electron chi connectivity index (χ0n) is 36.5. The average molecular weight is 893 g/mol. The Morgan fingerprint density at radius 2 is 1.03 bits per heavy atom. The topological polar surface area (TPSA) is 208 Å². The lowest BCUT2D eigenvalue weighted by atomic mass is 10.1. The molecule has 60 heavy (non-hydrogen) atoms. The van der Waals surface area contributed by atoms with E-state index in [2.05, 4.69) is 65.4 Å². The lowest BCUT2D eigenvalue weighted by Crippen LogP contribution is -2.30. The van der Waals surface area contributed by atoms with Crippen molar-refractivity contribution in [2.24, 2.45) is 0 Å². The molecule has 0 aromatic heterocycles. The van der Waals surface area contributed by atoms with Crippen LogP contribution in [0.25, 0.3) is 0 Å². The molecular formula is C44H78O14P2. The van der Waals surface area contributed by atoms with Gasteiger partial charge in [0.2, 0.25) is 0 Å². The molecule has 5 atom stereocenters. The molecule has 16 heteroatoms. The maximum absolute atomic E-state index is 12.7. The van der Waals surface area contributed by atoms with Crippen molar-refractivity contribution < 1.29 is 66.3 Å². The number of ether oxygens (including phenoxy) is 3. The van der Waals surface area contributed by atoms with Gasteiger partial charge in [-0.05, 0) is 77.0 Å². The highest BCUT2D eigenvalue weighted by atomic mass is 31.2. The van der Waals surface area contributed by atoms with Gasteiger partial charge in [0, 0.05) is 12.8 Å². The van der Waals surface area contributed by atoms with Gasteiger partial charge in [0.25, 0.3) is 0 Å². The Morgan fingerprint density at radius 1 is 0.567 bits per heavy atom. The summed E-state index contributed by atoms with van der Waals surface area (Å²) < 4.78 is 53.5. The molecule has 0 bridgehead atoms. The molecule has 0 aliphatic carbocycles. The Bertz CT molecular complexity index is 1310. The van der Waals surface area contributed by atoms with Crippen molar-refractivity contribution in [3.63, 3.8) is 0 Å². The van der Waals surface area contributed by atoms with Gasteiger partial charge >= 0.3 is 27.6 Å². The van der Waals surface area contributed by atoms with Crippen LogP contribution in [0, 0.1) is 0 Å². The summed E-state index contributed by atoms with van der Waals surface area (Å²) >= 11 is 0. The number of aliphatic hydroxyl groups excluding tert-OH is 1. The van der Waals surface area contributed by atoms with E-state index in [4.69, 9.17) is 28.5 Å². The molecule has 0 saturated carbocycles. The van der Waals surface area contributed by atoms with Gasteiger partial charge < -0.3 is 34.0 Å². The van der Waals surface area contributed by atoms with Gasteiger partial charge in [-0.1, -0.05) is 127 Å². The monoisotopic (exact) mass is 892 g/mol. The van der Waals surface area contributed by atoms with Crippen molar-refractivity contribution >= 4 is 27.6 Å². The van der Waals surface area contributed by atoms with Crippen molar-refractivity contribution in [3.8, 4) is 0 Å². The molecule has 0 aromatic carbocycles. The molecule has 3 unspecified atom stereocenters. The maximum atomic E-state index is 12.7. The smallest absolute Gasteiger partial charge is 0.462 e. The molecule has 1 heterocycles. The summed E-state index contributed by atoms with van der Waals surface area (Å²) in [5.41, 5.74) is 0. The number of hydrogen-bond acceptors (Lipinski definition) is 11. The van der Waals surface area contributed by atoms with E-state index in [9.17, 15) is 28.7 Å².